The predicted molar refractivity (Wildman–Crippen MR) is 134 cm³/mol. The molecule has 2 aromatic carbocycles. The second-order valence-corrected chi connectivity index (χ2v) is 11.2. The Morgan fingerprint density at radius 2 is 1.76 bits per heavy atom. The highest BCUT2D eigenvalue weighted by molar-refractivity contribution is 7.91. The molecule has 1 saturated heterocycles. The number of oxazole rings is 1. The Balaban J connectivity index is 1.38. The lowest BCUT2D eigenvalue weighted by molar-refractivity contribution is -0.128. The van der Waals surface area contributed by atoms with Crippen LogP contribution in [-0.4, -0.2) is 56.1 Å². The second-order valence-electron chi connectivity index (χ2n) is 8.33. The van der Waals surface area contributed by atoms with Crippen molar-refractivity contribution in [1.29, 1.82) is 0 Å². The summed E-state index contributed by atoms with van der Waals surface area (Å²) in [6.45, 7) is 5.77. The van der Waals surface area contributed by atoms with E-state index in [1.54, 1.807) is 36.1 Å². The highest BCUT2D eigenvalue weighted by Gasteiger charge is 2.28. The van der Waals surface area contributed by atoms with Gasteiger partial charge < -0.3 is 14.2 Å². The van der Waals surface area contributed by atoms with Gasteiger partial charge >= 0.3 is 0 Å². The van der Waals surface area contributed by atoms with Crippen LogP contribution >= 0.6 is 23.2 Å². The number of hydrogen-bond acceptors (Lipinski definition) is 6. The van der Waals surface area contributed by atoms with Gasteiger partial charge in [-0.2, -0.15) is 0 Å². The molecule has 0 spiro atoms. The van der Waals surface area contributed by atoms with Crippen LogP contribution < -0.4 is 4.90 Å². The summed E-state index contributed by atoms with van der Waals surface area (Å²) in [5.41, 5.74) is 3.00. The molecule has 0 bridgehead atoms. The Hall–Kier alpha value is -2.55. The van der Waals surface area contributed by atoms with Crippen LogP contribution in [0.2, 0.25) is 10.0 Å². The molecule has 0 atom stereocenters. The number of amides is 1. The maximum atomic E-state index is 12.8. The molecular weight excluding hydrogens is 497 g/mol. The first-order valence-electron chi connectivity index (χ1n) is 10.8. The van der Waals surface area contributed by atoms with Gasteiger partial charge in [0.15, 0.2) is 9.84 Å². The molecule has 0 unspecified atom stereocenters. The lowest BCUT2D eigenvalue weighted by Gasteiger charge is -2.36. The largest absolute Gasteiger partial charge is 0.441 e. The number of aromatic nitrogens is 1. The number of carbonyl (C=O) groups excluding carboxylic acids is 1. The molecule has 0 radical (unpaired) electrons. The van der Waals surface area contributed by atoms with Gasteiger partial charge in [-0.25, -0.2) is 13.4 Å². The number of benzene rings is 2. The number of hydrogen-bond donors (Lipinski definition) is 0. The third-order valence-electron chi connectivity index (χ3n) is 5.84. The van der Waals surface area contributed by atoms with Crippen LogP contribution in [0.5, 0.6) is 0 Å². The minimum Gasteiger partial charge on any atom is -0.441 e. The number of piperazine rings is 1. The summed E-state index contributed by atoms with van der Waals surface area (Å²) in [5.74, 6) is -0.713. The van der Waals surface area contributed by atoms with E-state index in [9.17, 15) is 13.2 Å². The third kappa shape index (κ3) is 5.56. The average Bonchev–Trinajstić information content (AvgIpc) is 3.14. The molecule has 1 amide bonds. The van der Waals surface area contributed by atoms with Gasteiger partial charge in [0.25, 0.3) is 0 Å². The fourth-order valence-electron chi connectivity index (χ4n) is 3.97. The quantitative estimate of drug-likeness (QED) is 0.473. The molecular formula is C24H25Cl2N3O4S. The molecule has 4 rings (SSSR count). The van der Waals surface area contributed by atoms with Crippen LogP contribution in [-0.2, 0) is 20.4 Å². The predicted octanol–water partition coefficient (Wildman–Crippen LogP) is 4.53. The zero-order valence-electron chi connectivity index (χ0n) is 18.9. The van der Waals surface area contributed by atoms with Crippen molar-refractivity contribution in [3.05, 3.63) is 69.5 Å². The van der Waals surface area contributed by atoms with E-state index in [2.05, 4.69) is 9.88 Å². The molecule has 0 N–H and O–H groups in total. The lowest BCUT2D eigenvalue weighted by Crippen LogP contribution is -2.50. The van der Waals surface area contributed by atoms with Gasteiger partial charge in [-0.15, -0.1) is 0 Å². The first-order chi connectivity index (χ1) is 16.1. The highest BCUT2D eigenvalue weighted by Crippen LogP contribution is 2.29. The molecule has 0 saturated carbocycles. The van der Waals surface area contributed by atoms with Crippen molar-refractivity contribution in [2.75, 3.05) is 36.8 Å². The summed E-state index contributed by atoms with van der Waals surface area (Å²) in [6.07, 6.45) is 0. The zero-order chi connectivity index (χ0) is 24.5. The van der Waals surface area contributed by atoms with Gasteiger partial charge in [-0.1, -0.05) is 41.4 Å². The van der Waals surface area contributed by atoms with E-state index in [0.29, 0.717) is 47.5 Å². The van der Waals surface area contributed by atoms with E-state index in [0.717, 1.165) is 11.3 Å². The molecule has 7 nitrogen and oxygen atoms in total. The fraction of sp³-hybridized carbons (Fsp3) is 0.333. The average molecular weight is 522 g/mol. The minimum absolute atomic E-state index is 0.257. The summed E-state index contributed by atoms with van der Waals surface area (Å²) < 4.78 is 31.3. The Kier molecular flexibility index (Phi) is 7.21. The molecule has 0 aliphatic carbocycles. The van der Waals surface area contributed by atoms with E-state index >= 15 is 0 Å². The molecule has 3 aromatic rings. The lowest BCUT2D eigenvalue weighted by atomic mass is 10.1. The number of anilines is 1. The molecule has 180 valence electrons. The molecule has 2 heterocycles. The monoisotopic (exact) mass is 521 g/mol. The van der Waals surface area contributed by atoms with Crippen molar-refractivity contribution >= 4 is 44.6 Å². The Morgan fingerprint density at radius 3 is 2.47 bits per heavy atom. The fourth-order valence-corrected chi connectivity index (χ4v) is 5.70. The van der Waals surface area contributed by atoms with Crippen LogP contribution in [0.3, 0.4) is 0 Å². The van der Waals surface area contributed by atoms with Crippen molar-refractivity contribution in [2.45, 2.75) is 19.6 Å². The van der Waals surface area contributed by atoms with Gasteiger partial charge in [0, 0.05) is 36.9 Å². The van der Waals surface area contributed by atoms with Crippen molar-refractivity contribution in [1.82, 2.24) is 9.88 Å². The number of sulfone groups is 1. The van der Waals surface area contributed by atoms with Gasteiger partial charge in [0.05, 0.1) is 22.0 Å². The van der Waals surface area contributed by atoms with Crippen molar-refractivity contribution in [3.63, 3.8) is 0 Å². The Labute approximate surface area is 209 Å². The molecule has 1 aliphatic heterocycles. The standard InChI is InChI=1S/C24H25Cl2N3O4S/c1-16-7-8-18(25)13-22(16)28-9-11-29(12-10-28)23(30)15-34(31,32)14-21-17(2)33-24(27-21)19-5-3-4-6-20(19)26/h3-8,13H,9-12,14-15H2,1-2H3. The van der Waals surface area contributed by atoms with Crippen LogP contribution in [0.25, 0.3) is 11.5 Å². The van der Waals surface area contributed by atoms with Crippen LogP contribution in [0.4, 0.5) is 5.69 Å². The van der Waals surface area contributed by atoms with Gasteiger partial charge in [0.1, 0.15) is 11.5 Å². The molecule has 1 aliphatic rings. The van der Waals surface area contributed by atoms with Gasteiger partial charge in [-0.05, 0) is 43.7 Å². The molecule has 1 fully saturated rings. The van der Waals surface area contributed by atoms with E-state index in [-0.39, 0.29) is 17.3 Å². The normalized spacial score (nSPS) is 14.5. The van der Waals surface area contributed by atoms with Crippen LogP contribution in [0.15, 0.2) is 46.9 Å². The van der Waals surface area contributed by atoms with Crippen molar-refractivity contribution in [2.24, 2.45) is 0 Å². The van der Waals surface area contributed by atoms with E-state index in [1.807, 2.05) is 25.1 Å². The minimum atomic E-state index is -3.74. The number of carbonyl (C=O) groups is 1. The maximum Gasteiger partial charge on any atom is 0.237 e. The van der Waals surface area contributed by atoms with Gasteiger partial charge in [-0.3, -0.25) is 4.79 Å². The van der Waals surface area contributed by atoms with Crippen molar-refractivity contribution in [3.8, 4) is 11.5 Å². The summed E-state index contributed by atoms with van der Waals surface area (Å²) in [5, 5.41) is 1.12. The molecule has 1 aromatic heterocycles. The third-order valence-corrected chi connectivity index (χ3v) is 7.81. The van der Waals surface area contributed by atoms with E-state index in [4.69, 9.17) is 27.6 Å². The Bertz CT molecular complexity index is 1320. The summed E-state index contributed by atoms with van der Waals surface area (Å²) in [7, 11) is -3.74. The summed E-state index contributed by atoms with van der Waals surface area (Å²) >= 11 is 12.3. The number of halogens is 2. The number of rotatable bonds is 6. The maximum absolute atomic E-state index is 12.8. The second kappa shape index (κ2) is 9.98. The molecule has 10 heteroatoms. The first-order valence-corrected chi connectivity index (χ1v) is 13.4. The number of nitrogens with zero attached hydrogens (tertiary/aromatic N) is 3. The SMILES string of the molecule is Cc1ccc(Cl)cc1N1CCN(C(=O)CS(=O)(=O)Cc2nc(-c3ccccc3Cl)oc2C)CC1. The summed E-state index contributed by atoms with van der Waals surface area (Å²) in [6, 6.07) is 12.8. The van der Waals surface area contributed by atoms with Crippen LogP contribution in [0, 0.1) is 13.8 Å². The summed E-state index contributed by atoms with van der Waals surface area (Å²) in [4.78, 5) is 20.9. The smallest absolute Gasteiger partial charge is 0.237 e. The molecule has 34 heavy (non-hydrogen) atoms. The Morgan fingerprint density at radius 1 is 1.06 bits per heavy atom. The zero-order valence-corrected chi connectivity index (χ0v) is 21.3. The van der Waals surface area contributed by atoms with Crippen molar-refractivity contribution < 1.29 is 17.6 Å². The topological polar surface area (TPSA) is 83.7 Å². The van der Waals surface area contributed by atoms with Gasteiger partial charge in [0.2, 0.25) is 11.8 Å². The van der Waals surface area contributed by atoms with Crippen LogP contribution in [0.1, 0.15) is 17.0 Å². The first kappa shape index (κ1) is 24.6. The van der Waals surface area contributed by atoms with E-state index in [1.165, 1.54) is 0 Å². The number of aryl methyl sites for hydroxylation is 2. The van der Waals surface area contributed by atoms with E-state index < -0.39 is 21.5 Å². The highest BCUT2D eigenvalue weighted by atomic mass is 35.5.